The van der Waals surface area contributed by atoms with Crippen LogP contribution in [0, 0.1) is 0 Å². The standard InChI is InChI=1S/C12H16ClN3O/c13-8-5-10(11(14)15-6-8)12(17)3-4-16(7-12)9-1-2-9/h5-6,9,17H,1-4,7H2,(H2,14,15). The molecule has 1 aliphatic heterocycles. The van der Waals surface area contributed by atoms with Crippen molar-refractivity contribution < 1.29 is 5.11 Å². The second-order valence-corrected chi connectivity index (χ2v) is 5.51. The van der Waals surface area contributed by atoms with E-state index in [0.29, 0.717) is 35.4 Å². The van der Waals surface area contributed by atoms with Crippen molar-refractivity contribution in [2.24, 2.45) is 0 Å². The van der Waals surface area contributed by atoms with Gasteiger partial charge in [-0.1, -0.05) is 11.6 Å². The van der Waals surface area contributed by atoms with Crippen LogP contribution in [0.4, 0.5) is 5.82 Å². The van der Waals surface area contributed by atoms with Crippen LogP contribution in [-0.4, -0.2) is 34.1 Å². The number of pyridine rings is 1. The van der Waals surface area contributed by atoms with E-state index in [1.165, 1.54) is 19.0 Å². The lowest BCUT2D eigenvalue weighted by Gasteiger charge is -2.25. The molecule has 17 heavy (non-hydrogen) atoms. The molecular weight excluding hydrogens is 238 g/mol. The smallest absolute Gasteiger partial charge is 0.129 e. The molecule has 0 aromatic carbocycles. The van der Waals surface area contributed by atoms with Gasteiger partial charge in [-0.2, -0.15) is 0 Å². The zero-order valence-corrected chi connectivity index (χ0v) is 10.3. The van der Waals surface area contributed by atoms with Crippen LogP contribution in [-0.2, 0) is 5.60 Å². The van der Waals surface area contributed by atoms with E-state index in [4.69, 9.17) is 17.3 Å². The second-order valence-electron chi connectivity index (χ2n) is 5.07. The van der Waals surface area contributed by atoms with Crippen LogP contribution in [0.15, 0.2) is 12.3 Å². The van der Waals surface area contributed by atoms with Gasteiger partial charge in [0.25, 0.3) is 0 Å². The molecule has 1 saturated carbocycles. The van der Waals surface area contributed by atoms with Gasteiger partial charge in [-0.3, -0.25) is 4.90 Å². The van der Waals surface area contributed by atoms with Crippen molar-refractivity contribution >= 4 is 17.4 Å². The van der Waals surface area contributed by atoms with Gasteiger partial charge in [0.15, 0.2) is 0 Å². The Kier molecular flexibility index (Phi) is 2.54. The summed E-state index contributed by atoms with van der Waals surface area (Å²) in [6.45, 7) is 1.57. The highest BCUT2D eigenvalue weighted by Gasteiger charge is 2.44. The number of halogens is 1. The molecule has 1 atom stereocenters. The fraction of sp³-hybridized carbons (Fsp3) is 0.583. The summed E-state index contributed by atoms with van der Waals surface area (Å²) in [4.78, 5) is 6.35. The zero-order valence-electron chi connectivity index (χ0n) is 9.56. The van der Waals surface area contributed by atoms with Crippen LogP contribution in [0.1, 0.15) is 24.8 Å². The quantitative estimate of drug-likeness (QED) is 0.836. The molecule has 5 heteroatoms. The SMILES string of the molecule is Nc1ncc(Cl)cc1C1(O)CCN(C2CC2)C1. The molecule has 0 spiro atoms. The summed E-state index contributed by atoms with van der Waals surface area (Å²) in [6.07, 6.45) is 4.71. The highest BCUT2D eigenvalue weighted by Crippen LogP contribution is 2.40. The van der Waals surface area contributed by atoms with Crippen LogP contribution in [0.3, 0.4) is 0 Å². The molecule has 3 rings (SSSR count). The van der Waals surface area contributed by atoms with E-state index in [9.17, 15) is 5.11 Å². The summed E-state index contributed by atoms with van der Waals surface area (Å²) >= 11 is 5.93. The topological polar surface area (TPSA) is 62.4 Å². The Morgan fingerprint density at radius 2 is 2.29 bits per heavy atom. The number of rotatable bonds is 2. The van der Waals surface area contributed by atoms with E-state index in [-0.39, 0.29) is 0 Å². The fourth-order valence-corrected chi connectivity index (χ4v) is 2.77. The largest absolute Gasteiger partial charge is 0.384 e. The average Bonchev–Trinajstić information content (AvgIpc) is 3.06. The van der Waals surface area contributed by atoms with Crippen molar-refractivity contribution in [2.75, 3.05) is 18.8 Å². The van der Waals surface area contributed by atoms with Crippen molar-refractivity contribution in [3.8, 4) is 0 Å². The first kappa shape index (κ1) is 11.3. The van der Waals surface area contributed by atoms with Gasteiger partial charge in [0.2, 0.25) is 0 Å². The third kappa shape index (κ3) is 2.01. The van der Waals surface area contributed by atoms with E-state index >= 15 is 0 Å². The van der Waals surface area contributed by atoms with Crippen LogP contribution in [0.5, 0.6) is 0 Å². The number of hydrogen-bond donors (Lipinski definition) is 2. The summed E-state index contributed by atoms with van der Waals surface area (Å²) in [5.74, 6) is 0.384. The van der Waals surface area contributed by atoms with Gasteiger partial charge in [0.1, 0.15) is 11.4 Å². The number of nitrogen functional groups attached to an aromatic ring is 1. The molecular formula is C12H16ClN3O. The first-order chi connectivity index (χ1) is 8.08. The van der Waals surface area contributed by atoms with Crippen molar-refractivity contribution in [3.05, 3.63) is 22.8 Å². The summed E-state index contributed by atoms with van der Waals surface area (Å²) in [7, 11) is 0. The molecule has 3 N–H and O–H groups in total. The molecule has 92 valence electrons. The number of aliphatic hydroxyl groups is 1. The number of aromatic nitrogens is 1. The lowest BCUT2D eigenvalue weighted by Crippen LogP contribution is -2.32. The highest BCUT2D eigenvalue weighted by molar-refractivity contribution is 6.30. The Balaban J connectivity index is 1.89. The van der Waals surface area contributed by atoms with Gasteiger partial charge in [-0.25, -0.2) is 4.98 Å². The zero-order chi connectivity index (χ0) is 12.0. The second kappa shape index (κ2) is 3.83. The molecule has 1 aromatic heterocycles. The minimum atomic E-state index is -0.884. The van der Waals surface area contributed by atoms with Crippen molar-refractivity contribution in [1.29, 1.82) is 0 Å². The predicted octanol–water partition coefficient (Wildman–Crippen LogP) is 1.37. The fourth-order valence-electron chi connectivity index (χ4n) is 2.62. The molecule has 1 saturated heterocycles. The summed E-state index contributed by atoms with van der Waals surface area (Å²) < 4.78 is 0. The molecule has 2 aliphatic rings. The highest BCUT2D eigenvalue weighted by atomic mass is 35.5. The molecule has 4 nitrogen and oxygen atoms in total. The number of nitrogens with two attached hydrogens (primary N) is 1. The number of nitrogens with zero attached hydrogens (tertiary/aromatic N) is 2. The van der Waals surface area contributed by atoms with E-state index in [0.717, 1.165) is 6.54 Å². The molecule has 1 aromatic rings. The van der Waals surface area contributed by atoms with Crippen LogP contribution < -0.4 is 5.73 Å². The molecule has 0 radical (unpaired) electrons. The minimum Gasteiger partial charge on any atom is -0.384 e. The Bertz CT molecular complexity index is 449. The molecule has 1 aliphatic carbocycles. The summed E-state index contributed by atoms with van der Waals surface area (Å²) in [6, 6.07) is 2.40. The summed E-state index contributed by atoms with van der Waals surface area (Å²) in [5, 5.41) is 11.2. The minimum absolute atomic E-state index is 0.384. The molecule has 1 unspecified atom stereocenters. The maximum absolute atomic E-state index is 10.7. The van der Waals surface area contributed by atoms with Gasteiger partial charge in [-0.05, 0) is 25.3 Å². The number of β-amino-alcohol motifs (C(OH)–C–C–N with tert-alkyl or cyclic N) is 1. The van der Waals surface area contributed by atoms with Crippen LogP contribution >= 0.6 is 11.6 Å². The molecule has 0 amide bonds. The third-order valence-electron chi connectivity index (χ3n) is 3.73. The van der Waals surface area contributed by atoms with Crippen LogP contribution in [0.2, 0.25) is 5.02 Å². The van der Waals surface area contributed by atoms with E-state index in [1.54, 1.807) is 6.07 Å². The first-order valence-corrected chi connectivity index (χ1v) is 6.34. The Hall–Kier alpha value is -0.840. The van der Waals surface area contributed by atoms with Gasteiger partial charge in [0, 0.05) is 30.9 Å². The first-order valence-electron chi connectivity index (χ1n) is 5.96. The molecule has 0 bridgehead atoms. The maximum atomic E-state index is 10.7. The molecule has 2 fully saturated rings. The number of likely N-dealkylation sites (tertiary alicyclic amines) is 1. The Morgan fingerprint density at radius 3 is 3.00 bits per heavy atom. The Labute approximate surface area is 105 Å². The third-order valence-corrected chi connectivity index (χ3v) is 3.93. The van der Waals surface area contributed by atoms with Gasteiger partial charge in [-0.15, -0.1) is 0 Å². The van der Waals surface area contributed by atoms with Crippen molar-refractivity contribution in [1.82, 2.24) is 9.88 Å². The Morgan fingerprint density at radius 1 is 1.53 bits per heavy atom. The average molecular weight is 254 g/mol. The predicted molar refractivity (Wildman–Crippen MR) is 66.8 cm³/mol. The monoisotopic (exact) mass is 253 g/mol. The van der Waals surface area contributed by atoms with E-state index in [1.807, 2.05) is 0 Å². The maximum Gasteiger partial charge on any atom is 0.129 e. The van der Waals surface area contributed by atoms with Gasteiger partial charge in [0.05, 0.1) is 5.02 Å². The number of hydrogen-bond acceptors (Lipinski definition) is 4. The molecule has 2 heterocycles. The lowest BCUT2D eigenvalue weighted by molar-refractivity contribution is 0.0457. The van der Waals surface area contributed by atoms with E-state index < -0.39 is 5.60 Å². The van der Waals surface area contributed by atoms with Crippen molar-refractivity contribution in [3.63, 3.8) is 0 Å². The lowest BCUT2D eigenvalue weighted by atomic mass is 9.93. The van der Waals surface area contributed by atoms with Gasteiger partial charge < -0.3 is 10.8 Å². The summed E-state index contributed by atoms with van der Waals surface area (Å²) in [5.41, 5.74) is 5.63. The van der Waals surface area contributed by atoms with Crippen molar-refractivity contribution in [2.45, 2.75) is 30.9 Å². The van der Waals surface area contributed by atoms with Gasteiger partial charge >= 0.3 is 0 Å². The van der Waals surface area contributed by atoms with E-state index in [2.05, 4.69) is 9.88 Å². The number of anilines is 1. The normalized spacial score (nSPS) is 29.8. The van der Waals surface area contributed by atoms with Crippen LogP contribution in [0.25, 0.3) is 0 Å².